The average molecular weight is 703 g/mol. The van der Waals surface area contributed by atoms with Crippen LogP contribution < -0.4 is 0 Å². The van der Waals surface area contributed by atoms with Crippen molar-refractivity contribution in [2.75, 3.05) is 0 Å². The van der Waals surface area contributed by atoms with Crippen LogP contribution in [-0.4, -0.2) is 0 Å². The Morgan fingerprint density at radius 1 is 0.581 bits per heavy atom. The van der Waals surface area contributed by atoms with Crippen molar-refractivity contribution in [1.82, 2.24) is 0 Å². The second-order valence-electron chi connectivity index (χ2n) is 15.3. The summed E-state index contributed by atoms with van der Waals surface area (Å²) in [4.78, 5) is 0. The van der Waals surface area contributed by atoms with Gasteiger partial charge in [0.05, 0.1) is 0 Å². The Labute approximate surface area is 285 Å². The third-order valence-electron chi connectivity index (χ3n) is 12.3. The number of rotatable bonds is 4. The van der Waals surface area contributed by atoms with Crippen molar-refractivity contribution >= 4 is 17.0 Å². The Morgan fingerprint density at radius 2 is 1.02 bits per heavy atom. The molecular weight excluding hydrogens is 643 g/mol. The molecule has 0 nitrogen and oxygen atoms in total. The summed E-state index contributed by atoms with van der Waals surface area (Å²) in [6.07, 6.45) is 11.7. The van der Waals surface area contributed by atoms with E-state index in [0.29, 0.717) is 0 Å². The van der Waals surface area contributed by atoms with Gasteiger partial charge in [-0.05, 0) is 149 Å². The van der Waals surface area contributed by atoms with Crippen molar-refractivity contribution in [3.8, 4) is 0 Å². The normalized spacial score (nSPS) is 36.2. The number of halogens is 2. The minimum absolute atomic E-state index is 0. The van der Waals surface area contributed by atoms with E-state index in [9.17, 15) is 0 Å². The van der Waals surface area contributed by atoms with Crippen molar-refractivity contribution in [3.05, 3.63) is 84.6 Å². The fourth-order valence-electron chi connectivity index (χ4n) is 11.1. The summed E-state index contributed by atoms with van der Waals surface area (Å²) in [5, 5.41) is 0. The number of hydrogen-bond acceptors (Lipinski definition) is 0. The molecule has 0 bridgehead atoms. The molecule has 11 unspecified atom stereocenters. The van der Waals surface area contributed by atoms with Crippen molar-refractivity contribution < 1.29 is 20.8 Å². The van der Waals surface area contributed by atoms with E-state index >= 15 is 0 Å². The summed E-state index contributed by atoms with van der Waals surface area (Å²) in [6, 6.07) is 14.8. The topological polar surface area (TPSA) is 0 Å². The molecule has 0 saturated heterocycles. The van der Waals surface area contributed by atoms with Gasteiger partial charge in [0.25, 0.3) is 0 Å². The molecule has 4 aliphatic rings. The summed E-state index contributed by atoms with van der Waals surface area (Å²) >= 11 is -0.826. The maximum absolute atomic E-state index is 4.93. The molecule has 0 aromatic heterocycles. The molecule has 4 saturated carbocycles. The molecule has 3 heteroatoms. The molecule has 0 heterocycles. The van der Waals surface area contributed by atoms with Gasteiger partial charge in [0.2, 0.25) is 0 Å². The molecule has 11 atom stereocenters. The fourth-order valence-corrected chi connectivity index (χ4v) is 11.1. The van der Waals surface area contributed by atoms with Crippen LogP contribution in [0.1, 0.15) is 117 Å². The van der Waals surface area contributed by atoms with Gasteiger partial charge in [-0.3, -0.25) is 0 Å². The zero-order chi connectivity index (χ0) is 29.4. The molecule has 0 amide bonds. The van der Waals surface area contributed by atoms with Crippen LogP contribution >= 0.6 is 17.0 Å². The van der Waals surface area contributed by atoms with Crippen molar-refractivity contribution in [2.24, 2.45) is 53.3 Å². The molecule has 43 heavy (non-hydrogen) atoms. The Hall–Kier alpha value is -0.0969. The van der Waals surface area contributed by atoms with Crippen molar-refractivity contribution in [2.45, 2.75) is 112 Å². The summed E-state index contributed by atoms with van der Waals surface area (Å²) in [5.41, 5.74) is 9.16. The van der Waals surface area contributed by atoms with Crippen LogP contribution in [0, 0.1) is 95.8 Å². The first-order valence-electron chi connectivity index (χ1n) is 16.7. The van der Waals surface area contributed by atoms with E-state index in [0.717, 1.165) is 65.1 Å². The van der Waals surface area contributed by atoms with Crippen molar-refractivity contribution in [1.29, 1.82) is 0 Å². The van der Waals surface area contributed by atoms with Gasteiger partial charge in [-0.2, -0.15) is 0 Å². The van der Waals surface area contributed by atoms with Crippen LogP contribution in [-0.2, 0) is 20.8 Å². The Bertz CT molecular complexity index is 1130. The minimum atomic E-state index is -0.826. The Kier molecular flexibility index (Phi) is 14.0. The number of hydrogen-bond donors (Lipinski definition) is 0. The summed E-state index contributed by atoms with van der Waals surface area (Å²) in [6.45, 7) is 17.0. The third kappa shape index (κ3) is 8.25. The molecule has 0 N–H and O–H groups in total. The maximum atomic E-state index is 4.93. The Balaban J connectivity index is 0.000000973. The van der Waals surface area contributed by atoms with Gasteiger partial charge in [0.15, 0.2) is 0 Å². The van der Waals surface area contributed by atoms with Crippen LogP contribution in [0.4, 0.5) is 0 Å². The van der Waals surface area contributed by atoms with Crippen LogP contribution in [0.25, 0.3) is 0 Å². The van der Waals surface area contributed by atoms with Crippen LogP contribution in [0.15, 0.2) is 36.4 Å². The monoisotopic (exact) mass is 700 g/mol. The van der Waals surface area contributed by atoms with Gasteiger partial charge in [-0.25, -0.2) is 0 Å². The van der Waals surface area contributed by atoms with Gasteiger partial charge in [-0.1, -0.05) is 85.8 Å². The van der Waals surface area contributed by atoms with Gasteiger partial charge >= 0.3 is 37.9 Å². The Morgan fingerprint density at radius 3 is 1.53 bits per heavy atom. The average Bonchev–Trinajstić information content (AvgIpc) is 3.38. The molecule has 0 radical (unpaired) electrons. The van der Waals surface area contributed by atoms with Crippen molar-refractivity contribution in [3.63, 3.8) is 0 Å². The van der Waals surface area contributed by atoms with Gasteiger partial charge < -0.3 is 14.9 Å². The van der Waals surface area contributed by atoms with E-state index in [1.165, 1.54) is 73.6 Å². The zero-order valence-corrected chi connectivity index (χ0v) is 32.7. The van der Waals surface area contributed by atoms with E-state index in [1.807, 2.05) is 0 Å². The quantitative estimate of drug-likeness (QED) is 0.278. The van der Waals surface area contributed by atoms with Crippen LogP contribution in [0.2, 0.25) is 0 Å². The van der Waals surface area contributed by atoms with Gasteiger partial charge in [-0.15, -0.1) is 0 Å². The summed E-state index contributed by atoms with van der Waals surface area (Å²) in [7, 11) is 9.87. The molecular formula is C40H60Cl2Zr. The standard InChI is InChI=1S/C38H54.2CH3.2ClH.Zr/c1-22-11-23(2)14-29(13-22)31-9-8-10-32-33(27(6)19-37(31)32)21-34-28(7)20-38-35(17-26(5)18-36(34)38)30-15-24(3)12-25(4)16-30;;;;;/h11-16,26-28,31-38H,8-10,17-21H2,1-7H3;2*1H3;2*1H;/q;2*-1;;;+4/p-2. The number of benzene rings is 2. The van der Waals surface area contributed by atoms with Gasteiger partial charge in [0.1, 0.15) is 0 Å². The zero-order valence-electron chi connectivity index (χ0n) is 28.7. The molecule has 0 aliphatic heterocycles. The molecule has 2 aromatic carbocycles. The number of fused-ring (bicyclic) bond motifs is 2. The predicted molar refractivity (Wildman–Crippen MR) is 187 cm³/mol. The van der Waals surface area contributed by atoms with E-state index in [2.05, 4.69) is 84.9 Å². The van der Waals surface area contributed by atoms with E-state index in [-0.39, 0.29) is 14.9 Å². The second kappa shape index (κ2) is 16.1. The predicted octanol–water partition coefficient (Wildman–Crippen LogP) is 12.8. The molecule has 238 valence electrons. The van der Waals surface area contributed by atoms with Crippen LogP contribution in [0.5, 0.6) is 0 Å². The molecule has 4 aliphatic carbocycles. The van der Waals surface area contributed by atoms with E-state index in [4.69, 9.17) is 17.0 Å². The molecule has 6 rings (SSSR count). The molecule has 2 aromatic rings. The van der Waals surface area contributed by atoms with E-state index in [1.54, 1.807) is 11.1 Å². The molecule has 0 spiro atoms. The molecule has 4 fully saturated rings. The van der Waals surface area contributed by atoms with Gasteiger partial charge in [0, 0.05) is 0 Å². The first-order chi connectivity index (χ1) is 19.6. The summed E-state index contributed by atoms with van der Waals surface area (Å²) < 4.78 is 0. The fraction of sp³-hybridized carbons (Fsp3) is 0.650. The van der Waals surface area contributed by atoms with Crippen LogP contribution in [0.3, 0.4) is 0 Å². The van der Waals surface area contributed by atoms with E-state index < -0.39 is 20.8 Å². The first-order valence-corrected chi connectivity index (χ1v) is 23.0. The second-order valence-corrected chi connectivity index (χ2v) is 19.0. The third-order valence-corrected chi connectivity index (χ3v) is 12.3. The summed E-state index contributed by atoms with van der Waals surface area (Å²) in [5.74, 6) is 9.90. The first kappa shape index (κ1) is 37.4. The SMILES string of the molecule is Cc1cc(C)cc(C2CCCC3C(CC4C(C)CC5C(c6cc(C)cc(C)c6)CC(C)CC45)C(C)CC23)c1.[CH3-].[CH3-].[Cl][Zr+2][Cl]. The number of aryl methyl sites for hydroxylation is 4.